The Morgan fingerprint density at radius 3 is 2.50 bits per heavy atom. The number of aryl methyl sites for hydroxylation is 1. The number of nitrogen functional groups attached to an aromatic ring is 1. The molecular weight excluding hydrogens is 282 g/mol. The molecule has 8 heteroatoms. The number of rotatable bonds is 3. The first kappa shape index (κ1) is 14.5. The zero-order chi connectivity index (χ0) is 15.1. The predicted octanol–water partition coefficient (Wildman–Crippen LogP) is -0.387. The van der Waals surface area contributed by atoms with Crippen molar-refractivity contribution in [2.75, 3.05) is 12.8 Å². The van der Waals surface area contributed by atoms with E-state index >= 15 is 0 Å². The van der Waals surface area contributed by atoms with Crippen LogP contribution in [0.3, 0.4) is 0 Å². The highest BCUT2D eigenvalue weighted by Gasteiger charge is 2.38. The fourth-order valence-corrected chi connectivity index (χ4v) is 3.11. The van der Waals surface area contributed by atoms with E-state index in [-0.39, 0.29) is 11.3 Å². The third-order valence-corrected chi connectivity index (χ3v) is 4.71. The average molecular weight is 297 g/mol. The van der Waals surface area contributed by atoms with E-state index in [0.29, 0.717) is 5.69 Å². The SMILES string of the molecule is Cc1ccc(S(=O)(=O)NC2CC(=O)N(C)C2=O)cc1N. The molecule has 1 unspecified atom stereocenters. The van der Waals surface area contributed by atoms with Crippen LogP contribution in [0.1, 0.15) is 12.0 Å². The summed E-state index contributed by atoms with van der Waals surface area (Å²) in [7, 11) is -2.57. The molecule has 1 aliphatic rings. The molecule has 0 spiro atoms. The normalized spacial score (nSPS) is 19.7. The summed E-state index contributed by atoms with van der Waals surface area (Å²) in [6.45, 7) is 1.76. The molecule has 0 bridgehead atoms. The topological polar surface area (TPSA) is 110 Å². The number of nitrogens with two attached hydrogens (primary N) is 1. The second-order valence-corrected chi connectivity index (χ2v) is 6.40. The van der Waals surface area contributed by atoms with Gasteiger partial charge in [-0.1, -0.05) is 6.07 Å². The molecule has 1 aliphatic heterocycles. The summed E-state index contributed by atoms with van der Waals surface area (Å²) in [4.78, 5) is 23.9. The third-order valence-electron chi connectivity index (χ3n) is 3.24. The quantitative estimate of drug-likeness (QED) is 0.583. The minimum atomic E-state index is -3.89. The fraction of sp³-hybridized carbons (Fsp3) is 0.333. The number of nitrogens with one attached hydrogen (secondary N) is 1. The van der Waals surface area contributed by atoms with E-state index in [1.54, 1.807) is 13.0 Å². The molecule has 0 aliphatic carbocycles. The molecule has 0 aromatic heterocycles. The smallest absolute Gasteiger partial charge is 0.247 e. The first-order chi connectivity index (χ1) is 9.22. The van der Waals surface area contributed by atoms with Gasteiger partial charge in [-0.2, -0.15) is 4.72 Å². The van der Waals surface area contributed by atoms with Crippen LogP contribution in [-0.2, 0) is 19.6 Å². The van der Waals surface area contributed by atoms with Crippen LogP contribution in [-0.4, -0.2) is 38.2 Å². The Labute approximate surface area is 116 Å². The number of sulfonamides is 1. The second-order valence-electron chi connectivity index (χ2n) is 4.69. The van der Waals surface area contributed by atoms with Crippen LogP contribution >= 0.6 is 0 Å². The molecule has 1 heterocycles. The molecule has 2 amide bonds. The number of nitrogens with zero attached hydrogens (tertiary/aromatic N) is 1. The second kappa shape index (κ2) is 4.88. The molecule has 1 aromatic rings. The highest BCUT2D eigenvalue weighted by Crippen LogP contribution is 2.19. The molecule has 1 atom stereocenters. The van der Waals surface area contributed by atoms with Crippen LogP contribution in [0.4, 0.5) is 5.69 Å². The molecule has 20 heavy (non-hydrogen) atoms. The van der Waals surface area contributed by atoms with Crippen molar-refractivity contribution in [1.29, 1.82) is 0 Å². The maximum absolute atomic E-state index is 12.2. The van der Waals surface area contributed by atoms with Crippen LogP contribution in [0, 0.1) is 6.92 Å². The van der Waals surface area contributed by atoms with Crippen LogP contribution in [0.15, 0.2) is 23.1 Å². The first-order valence-electron chi connectivity index (χ1n) is 5.91. The highest BCUT2D eigenvalue weighted by atomic mass is 32.2. The van der Waals surface area contributed by atoms with Crippen molar-refractivity contribution in [1.82, 2.24) is 9.62 Å². The highest BCUT2D eigenvalue weighted by molar-refractivity contribution is 7.89. The largest absolute Gasteiger partial charge is 0.398 e. The van der Waals surface area contributed by atoms with Crippen LogP contribution in [0.25, 0.3) is 0 Å². The van der Waals surface area contributed by atoms with Crippen molar-refractivity contribution in [2.45, 2.75) is 24.3 Å². The number of likely N-dealkylation sites (N-methyl/N-ethyl adjacent to an activating group) is 1. The van der Waals surface area contributed by atoms with E-state index in [0.717, 1.165) is 10.5 Å². The van der Waals surface area contributed by atoms with Gasteiger partial charge in [0.1, 0.15) is 6.04 Å². The first-order valence-corrected chi connectivity index (χ1v) is 7.39. The fourth-order valence-electron chi connectivity index (χ4n) is 1.89. The molecule has 1 fully saturated rings. The lowest BCUT2D eigenvalue weighted by Gasteiger charge is -2.12. The van der Waals surface area contributed by atoms with Gasteiger partial charge in [0, 0.05) is 12.7 Å². The lowest BCUT2D eigenvalue weighted by molar-refractivity contribution is -0.137. The van der Waals surface area contributed by atoms with Gasteiger partial charge in [-0.15, -0.1) is 0 Å². The van der Waals surface area contributed by atoms with Gasteiger partial charge < -0.3 is 5.73 Å². The van der Waals surface area contributed by atoms with Gasteiger partial charge in [0.05, 0.1) is 11.3 Å². The lowest BCUT2D eigenvalue weighted by Crippen LogP contribution is -2.40. The van der Waals surface area contributed by atoms with E-state index in [4.69, 9.17) is 5.73 Å². The number of hydrogen-bond donors (Lipinski definition) is 2. The minimum absolute atomic E-state index is 0.0320. The molecule has 108 valence electrons. The van der Waals surface area contributed by atoms with E-state index in [9.17, 15) is 18.0 Å². The molecule has 1 saturated heterocycles. The molecule has 1 aromatic carbocycles. The Morgan fingerprint density at radius 2 is 2.00 bits per heavy atom. The molecule has 3 N–H and O–H groups in total. The van der Waals surface area contributed by atoms with Gasteiger partial charge in [0.15, 0.2) is 0 Å². The van der Waals surface area contributed by atoms with E-state index in [1.807, 2.05) is 0 Å². The monoisotopic (exact) mass is 297 g/mol. The van der Waals surface area contributed by atoms with Crippen LogP contribution < -0.4 is 10.5 Å². The predicted molar refractivity (Wildman–Crippen MR) is 72.1 cm³/mol. The number of likely N-dealkylation sites (tertiary alicyclic amines) is 1. The maximum atomic E-state index is 12.2. The van der Waals surface area contributed by atoms with Crippen molar-refractivity contribution in [3.63, 3.8) is 0 Å². The summed E-state index contributed by atoms with van der Waals surface area (Å²) in [6, 6.07) is 3.25. The van der Waals surface area contributed by atoms with Crippen LogP contribution in [0.2, 0.25) is 0 Å². The Bertz CT molecular complexity index is 684. The summed E-state index contributed by atoms with van der Waals surface area (Å²) in [6.07, 6.45) is -0.171. The van der Waals surface area contributed by atoms with Gasteiger partial charge in [0.2, 0.25) is 21.8 Å². The number of amides is 2. The summed E-state index contributed by atoms with van der Waals surface area (Å²) in [5.74, 6) is -0.968. The number of carbonyl (C=O) groups excluding carboxylic acids is 2. The average Bonchev–Trinajstić information content (AvgIpc) is 2.60. The number of hydrogen-bond acceptors (Lipinski definition) is 5. The summed E-state index contributed by atoms with van der Waals surface area (Å²) in [5.41, 5.74) is 6.78. The number of benzene rings is 1. The standard InChI is InChI=1S/C12H15N3O4S/c1-7-3-4-8(5-9(7)13)20(18,19)14-10-6-11(16)15(2)12(10)17/h3-5,10,14H,6,13H2,1-2H3. The molecular formula is C12H15N3O4S. The summed E-state index contributed by atoms with van der Waals surface area (Å²) >= 11 is 0. The number of anilines is 1. The van der Waals surface area contributed by atoms with Gasteiger partial charge in [-0.3, -0.25) is 14.5 Å². The van der Waals surface area contributed by atoms with Gasteiger partial charge >= 0.3 is 0 Å². The molecule has 0 radical (unpaired) electrons. The zero-order valence-electron chi connectivity index (χ0n) is 11.1. The maximum Gasteiger partial charge on any atom is 0.247 e. The summed E-state index contributed by atoms with van der Waals surface area (Å²) in [5, 5.41) is 0. The Balaban J connectivity index is 2.26. The van der Waals surface area contributed by atoms with Crippen molar-refractivity contribution in [2.24, 2.45) is 0 Å². The Morgan fingerprint density at radius 1 is 1.35 bits per heavy atom. The van der Waals surface area contributed by atoms with Gasteiger partial charge in [0.25, 0.3) is 0 Å². The number of carbonyl (C=O) groups is 2. The summed E-state index contributed by atoms with van der Waals surface area (Å²) < 4.78 is 26.6. The Hall–Kier alpha value is -1.93. The zero-order valence-corrected chi connectivity index (χ0v) is 11.9. The third kappa shape index (κ3) is 2.52. The van der Waals surface area contributed by atoms with Gasteiger partial charge in [-0.05, 0) is 24.6 Å². The van der Waals surface area contributed by atoms with Crippen LogP contribution in [0.5, 0.6) is 0 Å². The molecule has 0 saturated carbocycles. The molecule has 2 rings (SSSR count). The molecule has 7 nitrogen and oxygen atoms in total. The van der Waals surface area contributed by atoms with Crippen molar-refractivity contribution >= 4 is 27.5 Å². The number of imide groups is 1. The Kier molecular flexibility index (Phi) is 3.53. The van der Waals surface area contributed by atoms with Crippen molar-refractivity contribution < 1.29 is 18.0 Å². The minimum Gasteiger partial charge on any atom is -0.398 e. The van der Waals surface area contributed by atoms with Crippen molar-refractivity contribution in [3.05, 3.63) is 23.8 Å². The van der Waals surface area contributed by atoms with E-state index in [1.165, 1.54) is 19.2 Å². The lowest BCUT2D eigenvalue weighted by atomic mass is 10.2. The van der Waals surface area contributed by atoms with E-state index < -0.39 is 27.9 Å². The van der Waals surface area contributed by atoms with Gasteiger partial charge in [-0.25, -0.2) is 8.42 Å². The van der Waals surface area contributed by atoms with Crippen molar-refractivity contribution in [3.8, 4) is 0 Å². The van der Waals surface area contributed by atoms with E-state index in [2.05, 4.69) is 4.72 Å².